The van der Waals surface area contributed by atoms with Crippen molar-refractivity contribution in [3.8, 4) is 0 Å². The smallest absolute Gasteiger partial charge is 0.223 e. The molecule has 2 aliphatic heterocycles. The van der Waals surface area contributed by atoms with Crippen molar-refractivity contribution < 1.29 is 17.7 Å². The van der Waals surface area contributed by atoms with E-state index in [4.69, 9.17) is 4.52 Å². The van der Waals surface area contributed by atoms with Gasteiger partial charge in [-0.25, -0.2) is 8.42 Å². The Balaban J connectivity index is 1.43. The molecule has 1 unspecified atom stereocenters. The number of aromatic nitrogens is 1. The molecule has 2 aliphatic rings. The van der Waals surface area contributed by atoms with Gasteiger partial charge in [0.05, 0.1) is 18.1 Å². The van der Waals surface area contributed by atoms with Crippen molar-refractivity contribution in [2.75, 3.05) is 24.6 Å². The molecule has 25 heavy (non-hydrogen) atoms. The van der Waals surface area contributed by atoms with Gasteiger partial charge in [-0.05, 0) is 32.4 Å². The number of hydrogen-bond acceptors (Lipinski definition) is 6. The number of carbonyl (C=O) groups is 1. The van der Waals surface area contributed by atoms with E-state index >= 15 is 0 Å². The van der Waals surface area contributed by atoms with Crippen molar-refractivity contribution >= 4 is 15.7 Å². The summed E-state index contributed by atoms with van der Waals surface area (Å²) in [6.07, 6.45) is 2.28. The topological polar surface area (TPSA) is 92.5 Å². The number of rotatable bonds is 5. The SMILES string of the molecule is CC(C)c1cc(CNC(=O)C2CCN(C3CCS(=O)(=O)C3)CC2)no1. The average Bonchev–Trinajstić information content (AvgIpc) is 3.19. The second-order valence-electron chi connectivity index (χ2n) is 7.46. The molecular formula is C17H27N3O4S. The van der Waals surface area contributed by atoms with Crippen LogP contribution in [0.25, 0.3) is 0 Å². The van der Waals surface area contributed by atoms with E-state index in [1.54, 1.807) is 0 Å². The van der Waals surface area contributed by atoms with Gasteiger partial charge in [0, 0.05) is 23.9 Å². The van der Waals surface area contributed by atoms with Gasteiger partial charge >= 0.3 is 0 Å². The number of amides is 1. The first kappa shape index (κ1) is 18.4. The summed E-state index contributed by atoms with van der Waals surface area (Å²) in [6.45, 7) is 6.04. The average molecular weight is 369 g/mol. The molecule has 3 rings (SSSR count). The summed E-state index contributed by atoms with van der Waals surface area (Å²) in [4.78, 5) is 14.6. The molecule has 1 atom stereocenters. The van der Waals surface area contributed by atoms with Crippen molar-refractivity contribution in [2.24, 2.45) is 5.92 Å². The van der Waals surface area contributed by atoms with E-state index in [9.17, 15) is 13.2 Å². The zero-order valence-electron chi connectivity index (χ0n) is 14.9. The molecule has 0 aromatic carbocycles. The number of likely N-dealkylation sites (tertiary alicyclic amines) is 1. The Labute approximate surface area is 149 Å². The molecule has 140 valence electrons. The van der Waals surface area contributed by atoms with Gasteiger partial charge in [-0.15, -0.1) is 0 Å². The molecule has 1 aromatic rings. The summed E-state index contributed by atoms with van der Waals surface area (Å²) >= 11 is 0. The summed E-state index contributed by atoms with van der Waals surface area (Å²) < 4.78 is 28.5. The summed E-state index contributed by atoms with van der Waals surface area (Å²) in [5.74, 6) is 1.71. The molecule has 3 heterocycles. The molecule has 0 saturated carbocycles. The molecule has 0 bridgehead atoms. The lowest BCUT2D eigenvalue weighted by molar-refractivity contribution is -0.126. The van der Waals surface area contributed by atoms with Gasteiger partial charge in [0.25, 0.3) is 0 Å². The largest absolute Gasteiger partial charge is 0.361 e. The van der Waals surface area contributed by atoms with Crippen LogP contribution in [0.5, 0.6) is 0 Å². The van der Waals surface area contributed by atoms with E-state index in [0.29, 0.717) is 12.3 Å². The van der Waals surface area contributed by atoms with Crippen LogP contribution in [0.2, 0.25) is 0 Å². The first-order chi connectivity index (χ1) is 11.8. The highest BCUT2D eigenvalue weighted by Gasteiger charge is 2.35. The zero-order chi connectivity index (χ0) is 18.0. The normalized spacial score (nSPS) is 24.7. The maximum Gasteiger partial charge on any atom is 0.223 e. The van der Waals surface area contributed by atoms with Crippen LogP contribution in [0.3, 0.4) is 0 Å². The number of carbonyl (C=O) groups excluding carboxylic acids is 1. The van der Waals surface area contributed by atoms with Crippen LogP contribution in [0.1, 0.15) is 50.5 Å². The lowest BCUT2D eigenvalue weighted by Gasteiger charge is -2.34. The molecule has 0 spiro atoms. The minimum absolute atomic E-state index is 0.00858. The molecule has 2 fully saturated rings. The van der Waals surface area contributed by atoms with Gasteiger partial charge in [-0.3, -0.25) is 9.69 Å². The molecule has 1 N–H and O–H groups in total. The highest BCUT2D eigenvalue weighted by atomic mass is 32.2. The number of nitrogens with one attached hydrogen (secondary N) is 1. The Bertz CT molecular complexity index is 705. The monoisotopic (exact) mass is 369 g/mol. The number of nitrogens with zero attached hydrogens (tertiary/aromatic N) is 2. The molecular weight excluding hydrogens is 342 g/mol. The van der Waals surface area contributed by atoms with E-state index in [1.165, 1.54) is 0 Å². The van der Waals surface area contributed by atoms with Gasteiger partial charge in [-0.1, -0.05) is 19.0 Å². The lowest BCUT2D eigenvalue weighted by Crippen LogP contribution is -2.45. The number of piperidine rings is 1. The Kier molecular flexibility index (Phi) is 5.48. The predicted molar refractivity (Wildman–Crippen MR) is 93.8 cm³/mol. The van der Waals surface area contributed by atoms with Crippen molar-refractivity contribution in [3.05, 3.63) is 17.5 Å². The van der Waals surface area contributed by atoms with Crippen molar-refractivity contribution in [3.63, 3.8) is 0 Å². The maximum absolute atomic E-state index is 12.4. The van der Waals surface area contributed by atoms with Crippen molar-refractivity contribution in [1.29, 1.82) is 0 Å². The highest BCUT2D eigenvalue weighted by molar-refractivity contribution is 7.91. The second-order valence-corrected chi connectivity index (χ2v) is 9.69. The van der Waals surface area contributed by atoms with Crippen LogP contribution in [0, 0.1) is 5.92 Å². The Morgan fingerprint density at radius 2 is 2.08 bits per heavy atom. The standard InChI is InChI=1S/C17H27N3O4S/c1-12(2)16-9-14(19-24-16)10-18-17(21)13-3-6-20(7-4-13)15-5-8-25(22,23)11-15/h9,12-13,15H,3-8,10-11H2,1-2H3,(H,18,21). The molecule has 8 heteroatoms. The predicted octanol–water partition coefficient (Wildman–Crippen LogP) is 1.31. The highest BCUT2D eigenvalue weighted by Crippen LogP contribution is 2.24. The molecule has 7 nitrogen and oxygen atoms in total. The minimum atomic E-state index is -2.85. The Hall–Kier alpha value is -1.41. The third-order valence-corrected chi connectivity index (χ3v) is 6.97. The molecule has 0 aliphatic carbocycles. The zero-order valence-corrected chi connectivity index (χ0v) is 15.7. The van der Waals surface area contributed by atoms with Crippen LogP contribution in [-0.2, 0) is 21.2 Å². The van der Waals surface area contributed by atoms with Crippen LogP contribution in [-0.4, -0.2) is 55.0 Å². The number of hydrogen-bond donors (Lipinski definition) is 1. The summed E-state index contributed by atoms with van der Waals surface area (Å²) in [7, 11) is -2.85. The van der Waals surface area contributed by atoms with Crippen molar-refractivity contribution in [1.82, 2.24) is 15.4 Å². The third kappa shape index (κ3) is 4.61. The van der Waals surface area contributed by atoms with E-state index in [1.807, 2.05) is 19.9 Å². The second kappa shape index (κ2) is 7.45. The summed E-state index contributed by atoms with van der Waals surface area (Å²) in [6, 6.07) is 2.02. The maximum atomic E-state index is 12.4. The molecule has 1 aromatic heterocycles. The Morgan fingerprint density at radius 1 is 1.36 bits per heavy atom. The van der Waals surface area contributed by atoms with Crippen LogP contribution in [0.4, 0.5) is 0 Å². The van der Waals surface area contributed by atoms with Crippen molar-refractivity contribution in [2.45, 2.75) is 51.6 Å². The Morgan fingerprint density at radius 3 is 2.64 bits per heavy atom. The van der Waals surface area contributed by atoms with E-state index in [2.05, 4.69) is 15.4 Å². The van der Waals surface area contributed by atoms with Gasteiger partial charge in [0.15, 0.2) is 9.84 Å². The fourth-order valence-electron chi connectivity index (χ4n) is 3.60. The molecule has 0 radical (unpaired) electrons. The summed E-state index contributed by atoms with van der Waals surface area (Å²) in [5, 5.41) is 6.92. The number of sulfone groups is 1. The molecule has 2 saturated heterocycles. The van der Waals surface area contributed by atoms with E-state index in [0.717, 1.165) is 43.8 Å². The van der Waals surface area contributed by atoms with Gasteiger partial charge < -0.3 is 9.84 Å². The third-order valence-electron chi connectivity index (χ3n) is 5.22. The van der Waals surface area contributed by atoms with Gasteiger partial charge in [-0.2, -0.15) is 0 Å². The quantitative estimate of drug-likeness (QED) is 0.841. The first-order valence-corrected chi connectivity index (χ1v) is 10.8. The van der Waals surface area contributed by atoms with Crippen LogP contribution in [0.15, 0.2) is 10.6 Å². The van der Waals surface area contributed by atoms with E-state index in [-0.39, 0.29) is 29.5 Å². The first-order valence-electron chi connectivity index (χ1n) is 9.02. The fourth-order valence-corrected chi connectivity index (χ4v) is 5.36. The van der Waals surface area contributed by atoms with Gasteiger partial charge in [0.2, 0.25) is 5.91 Å². The van der Waals surface area contributed by atoms with E-state index < -0.39 is 9.84 Å². The minimum Gasteiger partial charge on any atom is -0.361 e. The van der Waals surface area contributed by atoms with Gasteiger partial charge in [0.1, 0.15) is 11.5 Å². The molecule has 1 amide bonds. The fraction of sp³-hybridized carbons (Fsp3) is 0.765. The lowest BCUT2D eigenvalue weighted by atomic mass is 9.94. The van der Waals surface area contributed by atoms with Crippen LogP contribution >= 0.6 is 0 Å². The van der Waals surface area contributed by atoms with Crippen LogP contribution < -0.4 is 5.32 Å². The summed E-state index contributed by atoms with van der Waals surface area (Å²) in [5.41, 5.74) is 0.741.